The third-order valence-corrected chi connectivity index (χ3v) is 4.37. The van der Waals surface area contributed by atoms with Crippen molar-refractivity contribution in [1.82, 2.24) is 0 Å². The molecule has 0 aliphatic rings. The highest BCUT2D eigenvalue weighted by Gasteiger charge is 2.17. The van der Waals surface area contributed by atoms with E-state index in [-0.39, 0.29) is 12.4 Å². The second-order valence-corrected chi connectivity index (χ2v) is 6.34. The molecule has 2 aromatic rings. The summed E-state index contributed by atoms with van der Waals surface area (Å²) in [6.45, 7) is 3.86. The normalized spacial score (nSPS) is 11.1. The Kier molecular flexibility index (Phi) is 6.97. The van der Waals surface area contributed by atoms with Gasteiger partial charge in [-0.15, -0.1) is 0 Å². The van der Waals surface area contributed by atoms with Gasteiger partial charge in [0.15, 0.2) is 0 Å². The maximum absolute atomic E-state index is 11.8. The first-order chi connectivity index (χ1) is 12.4. The number of hydrogen-bond donors (Lipinski definition) is 1. The molecule has 0 radical (unpaired) electrons. The fourth-order valence-corrected chi connectivity index (χ4v) is 2.52. The summed E-state index contributed by atoms with van der Waals surface area (Å²) in [6, 6.07) is 13.0. The van der Waals surface area contributed by atoms with Gasteiger partial charge in [0, 0.05) is 10.5 Å². The Hall–Kier alpha value is -2.60. The minimum Gasteiger partial charge on any atom is -0.507 e. The average molecular weight is 419 g/mol. The van der Waals surface area contributed by atoms with Crippen molar-refractivity contribution in [3.8, 4) is 5.75 Å². The van der Waals surface area contributed by atoms with Gasteiger partial charge < -0.3 is 14.6 Å². The van der Waals surface area contributed by atoms with Crippen LogP contribution in [0.3, 0.4) is 0 Å². The number of ether oxygens (including phenoxy) is 2. The van der Waals surface area contributed by atoms with Gasteiger partial charge in [-0.05, 0) is 37.1 Å². The van der Waals surface area contributed by atoms with Crippen LogP contribution in [0.15, 0.2) is 53.0 Å². The van der Waals surface area contributed by atoms with Crippen LogP contribution in [0.5, 0.6) is 5.75 Å². The second kappa shape index (κ2) is 9.20. The van der Waals surface area contributed by atoms with E-state index in [0.29, 0.717) is 17.9 Å². The first kappa shape index (κ1) is 19.7. The Morgan fingerprint density at radius 1 is 1.19 bits per heavy atom. The number of benzene rings is 2. The Morgan fingerprint density at radius 3 is 2.54 bits per heavy atom. The quantitative estimate of drug-likeness (QED) is 0.312. The molecule has 2 rings (SSSR count). The molecule has 2 aromatic carbocycles. The molecular weight excluding hydrogens is 400 g/mol. The van der Waals surface area contributed by atoms with Crippen molar-refractivity contribution in [3.63, 3.8) is 0 Å². The fourth-order valence-electron chi connectivity index (χ4n) is 2.17. The SMILES string of the molecule is CCOC(=O)C(=O)C=C(O)c1cc(Br)c(C)cc1OCc1ccccc1. The zero-order valence-electron chi connectivity index (χ0n) is 14.5. The van der Waals surface area contributed by atoms with Gasteiger partial charge in [0.1, 0.15) is 18.1 Å². The van der Waals surface area contributed by atoms with Gasteiger partial charge in [0.25, 0.3) is 5.78 Å². The number of carbonyl (C=O) groups is 2. The molecule has 0 fully saturated rings. The summed E-state index contributed by atoms with van der Waals surface area (Å²) in [5.41, 5.74) is 2.17. The second-order valence-electron chi connectivity index (χ2n) is 5.49. The van der Waals surface area contributed by atoms with Gasteiger partial charge in [0.2, 0.25) is 0 Å². The van der Waals surface area contributed by atoms with Crippen LogP contribution in [-0.4, -0.2) is 23.5 Å². The lowest BCUT2D eigenvalue weighted by atomic mass is 10.1. The summed E-state index contributed by atoms with van der Waals surface area (Å²) in [5.74, 6) is -1.92. The van der Waals surface area contributed by atoms with Crippen LogP contribution in [-0.2, 0) is 20.9 Å². The minimum absolute atomic E-state index is 0.0840. The van der Waals surface area contributed by atoms with Crippen molar-refractivity contribution >= 4 is 33.4 Å². The van der Waals surface area contributed by atoms with Crippen LogP contribution in [0.1, 0.15) is 23.6 Å². The zero-order chi connectivity index (χ0) is 19.1. The predicted octanol–water partition coefficient (Wildman–Crippen LogP) is 4.37. The van der Waals surface area contributed by atoms with Crippen molar-refractivity contribution in [3.05, 3.63) is 69.7 Å². The first-order valence-corrected chi connectivity index (χ1v) is 8.80. The fraction of sp³-hybridized carbons (Fsp3) is 0.200. The van der Waals surface area contributed by atoms with Crippen LogP contribution in [0.25, 0.3) is 5.76 Å². The molecule has 5 nitrogen and oxygen atoms in total. The van der Waals surface area contributed by atoms with E-state index in [9.17, 15) is 14.7 Å². The minimum atomic E-state index is -1.02. The maximum atomic E-state index is 11.8. The van der Waals surface area contributed by atoms with Crippen molar-refractivity contribution in [2.24, 2.45) is 0 Å². The molecule has 26 heavy (non-hydrogen) atoms. The van der Waals surface area contributed by atoms with E-state index in [0.717, 1.165) is 21.7 Å². The summed E-state index contributed by atoms with van der Waals surface area (Å²) >= 11 is 3.39. The Labute approximate surface area is 160 Å². The maximum Gasteiger partial charge on any atom is 0.379 e. The van der Waals surface area contributed by atoms with Crippen LogP contribution in [0, 0.1) is 6.92 Å². The van der Waals surface area contributed by atoms with Gasteiger partial charge in [-0.1, -0.05) is 46.3 Å². The zero-order valence-corrected chi connectivity index (χ0v) is 16.1. The largest absolute Gasteiger partial charge is 0.507 e. The van der Waals surface area contributed by atoms with Crippen molar-refractivity contribution in [2.45, 2.75) is 20.5 Å². The Balaban J connectivity index is 2.30. The lowest BCUT2D eigenvalue weighted by Crippen LogP contribution is -2.15. The lowest BCUT2D eigenvalue weighted by molar-refractivity contribution is -0.151. The molecule has 0 unspecified atom stereocenters. The number of aryl methyl sites for hydroxylation is 1. The molecule has 0 aromatic heterocycles. The molecule has 1 N–H and O–H groups in total. The van der Waals surface area contributed by atoms with Crippen LogP contribution < -0.4 is 4.74 Å². The number of aliphatic hydroxyl groups is 1. The number of ketones is 1. The summed E-state index contributed by atoms with van der Waals surface area (Å²) in [4.78, 5) is 23.3. The topological polar surface area (TPSA) is 72.8 Å². The molecule has 0 bridgehead atoms. The lowest BCUT2D eigenvalue weighted by Gasteiger charge is -2.13. The molecule has 0 atom stereocenters. The van der Waals surface area contributed by atoms with Gasteiger partial charge >= 0.3 is 5.97 Å². The van der Waals surface area contributed by atoms with Gasteiger partial charge in [-0.25, -0.2) is 4.79 Å². The van der Waals surface area contributed by atoms with Crippen molar-refractivity contribution in [2.75, 3.05) is 6.61 Å². The Morgan fingerprint density at radius 2 is 1.88 bits per heavy atom. The molecule has 0 saturated carbocycles. The number of halogens is 1. The molecule has 6 heteroatoms. The molecular formula is C20H19BrO5. The average Bonchev–Trinajstić information content (AvgIpc) is 2.63. The molecule has 136 valence electrons. The van der Waals surface area contributed by atoms with E-state index in [2.05, 4.69) is 20.7 Å². The Bertz CT molecular complexity index is 828. The van der Waals surface area contributed by atoms with E-state index in [1.165, 1.54) is 0 Å². The van der Waals surface area contributed by atoms with Gasteiger partial charge in [0.05, 0.1) is 12.2 Å². The third-order valence-electron chi connectivity index (χ3n) is 3.52. The number of carbonyl (C=O) groups excluding carboxylic acids is 2. The smallest absolute Gasteiger partial charge is 0.379 e. The predicted molar refractivity (Wildman–Crippen MR) is 102 cm³/mol. The number of esters is 1. The highest BCUT2D eigenvalue weighted by molar-refractivity contribution is 9.10. The number of rotatable bonds is 7. The summed E-state index contributed by atoms with van der Waals surface area (Å²) in [7, 11) is 0. The van der Waals surface area contributed by atoms with E-state index in [4.69, 9.17) is 4.74 Å². The van der Waals surface area contributed by atoms with E-state index in [1.807, 2.05) is 37.3 Å². The molecule has 0 aliphatic carbocycles. The van der Waals surface area contributed by atoms with Crippen molar-refractivity contribution < 1.29 is 24.2 Å². The standard InChI is InChI=1S/C20H19BrO5/c1-3-25-20(24)18(23)11-17(22)15-10-16(21)13(2)9-19(15)26-12-14-7-5-4-6-8-14/h4-11,22H,3,12H2,1-2H3. The van der Waals surface area contributed by atoms with Crippen molar-refractivity contribution in [1.29, 1.82) is 0 Å². The van der Waals surface area contributed by atoms with E-state index in [1.54, 1.807) is 19.1 Å². The monoisotopic (exact) mass is 418 g/mol. The number of hydrogen-bond acceptors (Lipinski definition) is 5. The van der Waals surface area contributed by atoms with Crippen LogP contribution >= 0.6 is 15.9 Å². The molecule has 0 amide bonds. The molecule has 0 heterocycles. The number of aliphatic hydroxyl groups excluding tert-OH is 1. The highest BCUT2D eigenvalue weighted by Crippen LogP contribution is 2.31. The third kappa shape index (κ3) is 5.20. The van der Waals surface area contributed by atoms with Crippen LogP contribution in [0.4, 0.5) is 0 Å². The van der Waals surface area contributed by atoms with Gasteiger partial charge in [-0.3, -0.25) is 4.79 Å². The van der Waals surface area contributed by atoms with E-state index < -0.39 is 11.8 Å². The van der Waals surface area contributed by atoms with Crippen LogP contribution in [0.2, 0.25) is 0 Å². The van der Waals surface area contributed by atoms with Gasteiger partial charge in [-0.2, -0.15) is 0 Å². The molecule has 0 spiro atoms. The summed E-state index contributed by atoms with van der Waals surface area (Å²) in [5, 5.41) is 10.3. The highest BCUT2D eigenvalue weighted by atomic mass is 79.9. The molecule has 0 aliphatic heterocycles. The summed E-state index contributed by atoms with van der Waals surface area (Å²) in [6.07, 6.45) is 0.838. The first-order valence-electron chi connectivity index (χ1n) is 8.01. The van der Waals surface area contributed by atoms with E-state index >= 15 is 0 Å². The summed E-state index contributed by atoms with van der Waals surface area (Å²) < 4.78 is 11.2. The molecule has 0 saturated heterocycles.